The summed E-state index contributed by atoms with van der Waals surface area (Å²) in [5.74, 6) is 0.556. The first-order valence-electron chi connectivity index (χ1n) is 7.04. The lowest BCUT2D eigenvalue weighted by Gasteiger charge is -2.43. The molecule has 3 nitrogen and oxygen atoms in total. The first-order valence-corrected chi connectivity index (χ1v) is 7.42. The fourth-order valence-corrected chi connectivity index (χ4v) is 2.83. The molecule has 1 aromatic carbocycles. The Morgan fingerprint density at radius 1 is 1.30 bits per heavy atom. The average molecular weight is 300 g/mol. The van der Waals surface area contributed by atoms with Crippen LogP contribution >= 0.6 is 11.6 Å². The molecule has 0 atom stereocenters. The van der Waals surface area contributed by atoms with Crippen LogP contribution in [-0.4, -0.2) is 49.5 Å². The van der Waals surface area contributed by atoms with E-state index in [2.05, 4.69) is 4.90 Å². The molecule has 2 aliphatic heterocycles. The van der Waals surface area contributed by atoms with Gasteiger partial charge in [-0.05, 0) is 25.0 Å². The second kappa shape index (κ2) is 5.88. The molecule has 20 heavy (non-hydrogen) atoms. The van der Waals surface area contributed by atoms with E-state index in [1.54, 1.807) is 12.1 Å². The van der Waals surface area contributed by atoms with E-state index in [1.165, 1.54) is 0 Å². The molecule has 2 heterocycles. The third kappa shape index (κ3) is 3.08. The fraction of sp³-hybridized carbons (Fsp3) is 0.600. The van der Waals surface area contributed by atoms with Crippen LogP contribution in [0.15, 0.2) is 24.3 Å². The molecule has 0 aliphatic carbocycles. The van der Waals surface area contributed by atoms with Crippen molar-refractivity contribution in [2.75, 3.05) is 32.9 Å². The Balaban J connectivity index is 1.51. The summed E-state index contributed by atoms with van der Waals surface area (Å²) in [6.07, 6.45) is 1.02. The summed E-state index contributed by atoms with van der Waals surface area (Å²) < 4.78 is 25.5. The molecule has 3 rings (SSSR count). The number of rotatable bonds is 4. The molecule has 1 aromatic rings. The van der Waals surface area contributed by atoms with E-state index in [-0.39, 0.29) is 6.61 Å². The first-order chi connectivity index (χ1) is 9.66. The van der Waals surface area contributed by atoms with Crippen molar-refractivity contribution in [3.63, 3.8) is 0 Å². The highest BCUT2D eigenvalue weighted by atomic mass is 35.5. The van der Waals surface area contributed by atoms with Gasteiger partial charge in [-0.3, -0.25) is 4.90 Å². The number of para-hydroxylation sites is 1. The summed E-state index contributed by atoms with van der Waals surface area (Å²) >= 11 is 6.01. The van der Waals surface area contributed by atoms with Crippen molar-refractivity contribution in [3.8, 4) is 5.75 Å². The summed E-state index contributed by atoms with van der Waals surface area (Å²) in [5, 5.41) is 0.528. The van der Waals surface area contributed by atoms with Gasteiger partial charge in [-0.1, -0.05) is 23.7 Å². The Kier molecular flexibility index (Phi) is 4.15. The zero-order chi connectivity index (χ0) is 14.0. The summed E-state index contributed by atoms with van der Waals surface area (Å²) in [4.78, 5) is 2.32. The predicted molar refractivity (Wildman–Crippen MR) is 76.2 cm³/mol. The lowest BCUT2D eigenvalue weighted by atomic mass is 9.93. The molecular weight excluding hydrogens is 281 g/mol. The molecule has 0 spiro atoms. The van der Waals surface area contributed by atoms with Crippen LogP contribution < -0.4 is 4.74 Å². The minimum atomic E-state index is -1.25. The molecule has 5 heteroatoms. The van der Waals surface area contributed by atoms with E-state index in [0.717, 1.165) is 26.3 Å². The van der Waals surface area contributed by atoms with Gasteiger partial charge in [0.2, 0.25) is 0 Å². The Labute approximate surface area is 123 Å². The monoisotopic (exact) mass is 299 g/mol. The molecule has 0 N–H and O–H groups in total. The summed E-state index contributed by atoms with van der Waals surface area (Å²) in [6, 6.07) is 7.68. The Bertz CT molecular complexity index is 459. The zero-order valence-corrected chi connectivity index (χ0v) is 12.1. The van der Waals surface area contributed by atoms with E-state index in [9.17, 15) is 4.39 Å². The molecule has 2 aliphatic rings. The molecule has 0 saturated carbocycles. The lowest BCUT2D eigenvalue weighted by Crippen LogP contribution is -2.55. The zero-order valence-electron chi connectivity index (χ0n) is 11.4. The molecule has 0 aromatic heterocycles. The Morgan fingerprint density at radius 3 is 2.60 bits per heavy atom. The van der Waals surface area contributed by atoms with E-state index in [1.807, 2.05) is 12.1 Å². The molecule has 0 unspecified atom stereocenters. The number of hydrogen-bond acceptors (Lipinski definition) is 3. The normalized spacial score (nSPS) is 23.3. The van der Waals surface area contributed by atoms with Crippen LogP contribution in [0, 0.1) is 0 Å². The molecule has 2 fully saturated rings. The van der Waals surface area contributed by atoms with E-state index >= 15 is 0 Å². The highest BCUT2D eigenvalue weighted by molar-refractivity contribution is 6.32. The topological polar surface area (TPSA) is 21.7 Å². The van der Waals surface area contributed by atoms with Gasteiger partial charge in [0, 0.05) is 13.1 Å². The van der Waals surface area contributed by atoms with E-state index in [4.69, 9.17) is 21.1 Å². The van der Waals surface area contributed by atoms with Crippen LogP contribution in [0.2, 0.25) is 5.02 Å². The van der Waals surface area contributed by atoms with E-state index in [0.29, 0.717) is 29.7 Å². The van der Waals surface area contributed by atoms with Gasteiger partial charge in [-0.15, -0.1) is 0 Å². The second-order valence-electron chi connectivity index (χ2n) is 5.60. The fourth-order valence-electron chi connectivity index (χ4n) is 2.64. The maximum absolute atomic E-state index is 14.7. The SMILES string of the molecule is FC1(COc2ccccc2Cl)CCN(C2COC2)CC1. The number of benzene rings is 1. The van der Waals surface area contributed by atoms with Crippen molar-refractivity contribution in [3.05, 3.63) is 29.3 Å². The third-order valence-corrected chi connectivity index (χ3v) is 4.47. The van der Waals surface area contributed by atoms with Crippen LogP contribution in [0.25, 0.3) is 0 Å². The van der Waals surface area contributed by atoms with Gasteiger partial charge >= 0.3 is 0 Å². The maximum Gasteiger partial charge on any atom is 0.147 e. The predicted octanol–water partition coefficient (Wildman–Crippen LogP) is 2.92. The quantitative estimate of drug-likeness (QED) is 0.853. The average Bonchev–Trinajstić information content (AvgIpc) is 2.39. The van der Waals surface area contributed by atoms with Gasteiger partial charge in [0.1, 0.15) is 18.0 Å². The number of halogens is 2. The Hall–Kier alpha value is -0.840. The maximum atomic E-state index is 14.7. The van der Waals surface area contributed by atoms with Gasteiger partial charge in [-0.2, -0.15) is 0 Å². The number of alkyl halides is 1. The van der Waals surface area contributed by atoms with Crippen LogP contribution in [-0.2, 0) is 4.74 Å². The van der Waals surface area contributed by atoms with Gasteiger partial charge < -0.3 is 9.47 Å². The minimum Gasteiger partial charge on any atom is -0.489 e. The minimum absolute atomic E-state index is 0.0751. The van der Waals surface area contributed by atoms with Crippen molar-refractivity contribution >= 4 is 11.6 Å². The van der Waals surface area contributed by atoms with Gasteiger partial charge in [0.15, 0.2) is 0 Å². The standard InChI is InChI=1S/C15H19ClFNO2/c16-13-3-1-2-4-14(13)20-11-15(17)5-7-18(8-6-15)12-9-19-10-12/h1-4,12H,5-11H2. The first kappa shape index (κ1) is 14.1. The number of ether oxygens (including phenoxy) is 2. The number of nitrogens with zero attached hydrogens (tertiary/aromatic N) is 1. The highest BCUT2D eigenvalue weighted by Crippen LogP contribution is 2.31. The number of likely N-dealkylation sites (tertiary alicyclic amines) is 1. The van der Waals surface area contributed by atoms with Crippen LogP contribution in [0.1, 0.15) is 12.8 Å². The summed E-state index contributed by atoms with van der Waals surface area (Å²) in [7, 11) is 0. The van der Waals surface area contributed by atoms with Gasteiger partial charge in [0.05, 0.1) is 24.3 Å². The van der Waals surface area contributed by atoms with Crippen LogP contribution in [0.4, 0.5) is 4.39 Å². The molecule has 110 valence electrons. The molecule has 2 saturated heterocycles. The highest BCUT2D eigenvalue weighted by Gasteiger charge is 2.38. The lowest BCUT2D eigenvalue weighted by molar-refractivity contribution is -0.0890. The molecule has 0 radical (unpaired) electrons. The van der Waals surface area contributed by atoms with Crippen molar-refractivity contribution in [1.82, 2.24) is 4.90 Å². The van der Waals surface area contributed by atoms with Crippen molar-refractivity contribution in [1.29, 1.82) is 0 Å². The second-order valence-corrected chi connectivity index (χ2v) is 6.00. The van der Waals surface area contributed by atoms with Gasteiger partial charge in [-0.25, -0.2) is 4.39 Å². The smallest absolute Gasteiger partial charge is 0.147 e. The van der Waals surface area contributed by atoms with Crippen LogP contribution in [0.3, 0.4) is 0 Å². The van der Waals surface area contributed by atoms with Crippen molar-refractivity contribution in [2.24, 2.45) is 0 Å². The molecule has 0 bridgehead atoms. The third-order valence-electron chi connectivity index (χ3n) is 4.15. The molecular formula is C15H19ClFNO2. The summed E-state index contributed by atoms with van der Waals surface area (Å²) in [5.41, 5.74) is -1.25. The van der Waals surface area contributed by atoms with Gasteiger partial charge in [0.25, 0.3) is 0 Å². The van der Waals surface area contributed by atoms with Crippen molar-refractivity contribution in [2.45, 2.75) is 24.6 Å². The molecule has 0 amide bonds. The summed E-state index contributed by atoms with van der Waals surface area (Å²) in [6.45, 7) is 3.20. The largest absolute Gasteiger partial charge is 0.489 e. The number of hydrogen-bond donors (Lipinski definition) is 0. The van der Waals surface area contributed by atoms with Crippen LogP contribution in [0.5, 0.6) is 5.75 Å². The Morgan fingerprint density at radius 2 is 2.00 bits per heavy atom. The number of piperidine rings is 1. The van der Waals surface area contributed by atoms with Crippen molar-refractivity contribution < 1.29 is 13.9 Å². The van der Waals surface area contributed by atoms with E-state index < -0.39 is 5.67 Å².